The summed E-state index contributed by atoms with van der Waals surface area (Å²) in [5.41, 5.74) is 0.231. The molecular weight excluding hydrogens is 296 g/mol. The number of sulfone groups is 1. The van der Waals surface area contributed by atoms with Gasteiger partial charge in [0.15, 0.2) is 9.84 Å². The smallest absolute Gasteiger partial charge is 0.269 e. The van der Waals surface area contributed by atoms with Gasteiger partial charge in [-0.1, -0.05) is 19.8 Å². The number of nitrogens with zero attached hydrogens (tertiary/aromatic N) is 1. The summed E-state index contributed by atoms with van der Waals surface area (Å²) in [6.07, 6.45) is 2.26. The Balaban J connectivity index is 2.55. The molecule has 7 nitrogen and oxygen atoms in total. The first-order chi connectivity index (χ1) is 9.84. The van der Waals surface area contributed by atoms with Gasteiger partial charge in [0.1, 0.15) is 5.75 Å². The van der Waals surface area contributed by atoms with E-state index in [2.05, 4.69) is 5.32 Å². The molecule has 0 bridgehead atoms. The fourth-order valence-corrected chi connectivity index (χ4v) is 2.97. The van der Waals surface area contributed by atoms with Crippen molar-refractivity contribution in [2.45, 2.75) is 26.2 Å². The molecule has 8 heteroatoms. The molecule has 1 aromatic carbocycles. The van der Waals surface area contributed by atoms with E-state index in [1.165, 1.54) is 24.3 Å². The largest absolute Gasteiger partial charge is 0.325 e. The number of carbonyl (C=O) groups excluding carboxylic acids is 1. The molecule has 0 heterocycles. The number of anilines is 1. The van der Waals surface area contributed by atoms with Crippen LogP contribution in [0.2, 0.25) is 0 Å². The molecule has 0 radical (unpaired) electrons. The van der Waals surface area contributed by atoms with Crippen molar-refractivity contribution < 1.29 is 18.1 Å². The molecular formula is C13H18N2O5S. The van der Waals surface area contributed by atoms with E-state index in [0.29, 0.717) is 12.1 Å². The first-order valence-corrected chi connectivity index (χ1v) is 8.41. The van der Waals surface area contributed by atoms with Crippen molar-refractivity contribution in [2.75, 3.05) is 16.8 Å². The highest BCUT2D eigenvalue weighted by atomic mass is 32.2. The number of nitrogens with one attached hydrogen (secondary N) is 1. The molecule has 21 heavy (non-hydrogen) atoms. The highest BCUT2D eigenvalue weighted by Crippen LogP contribution is 2.15. The lowest BCUT2D eigenvalue weighted by molar-refractivity contribution is -0.384. The normalized spacial score (nSPS) is 11.1. The van der Waals surface area contributed by atoms with E-state index in [0.717, 1.165) is 12.8 Å². The van der Waals surface area contributed by atoms with Gasteiger partial charge < -0.3 is 5.32 Å². The monoisotopic (exact) mass is 314 g/mol. The van der Waals surface area contributed by atoms with Crippen LogP contribution in [0.15, 0.2) is 24.3 Å². The van der Waals surface area contributed by atoms with Crippen LogP contribution in [0.3, 0.4) is 0 Å². The zero-order valence-electron chi connectivity index (χ0n) is 11.7. The Bertz CT molecular complexity index is 595. The molecule has 0 aliphatic heterocycles. The van der Waals surface area contributed by atoms with Gasteiger partial charge in [0, 0.05) is 17.8 Å². The number of hydrogen-bond acceptors (Lipinski definition) is 5. The first-order valence-electron chi connectivity index (χ1n) is 6.59. The summed E-state index contributed by atoms with van der Waals surface area (Å²) in [6.45, 7) is 1.97. The van der Waals surface area contributed by atoms with Gasteiger partial charge in [-0.05, 0) is 18.6 Å². The summed E-state index contributed by atoms with van der Waals surface area (Å²) in [4.78, 5) is 21.6. The fraction of sp³-hybridized carbons (Fsp3) is 0.462. The molecule has 116 valence electrons. The Hall–Kier alpha value is -1.96. The van der Waals surface area contributed by atoms with Gasteiger partial charge in [-0.3, -0.25) is 14.9 Å². The second-order valence-electron chi connectivity index (χ2n) is 4.65. The molecule has 0 saturated heterocycles. The minimum absolute atomic E-state index is 0.00544. The molecule has 1 amide bonds. The van der Waals surface area contributed by atoms with E-state index >= 15 is 0 Å². The third kappa shape index (κ3) is 6.35. The standard InChI is InChI=1S/C13H18N2O5S/c1-2-3-4-9-21(19,20)10-13(16)14-11-5-7-12(8-6-11)15(17)18/h5-8H,2-4,9-10H2,1H3,(H,14,16). The molecule has 0 aliphatic rings. The summed E-state index contributed by atoms with van der Waals surface area (Å²) in [5, 5.41) is 12.9. The second-order valence-corrected chi connectivity index (χ2v) is 6.84. The van der Waals surface area contributed by atoms with Crippen LogP contribution in [-0.4, -0.2) is 30.8 Å². The van der Waals surface area contributed by atoms with Crippen molar-refractivity contribution in [2.24, 2.45) is 0 Å². The maximum Gasteiger partial charge on any atom is 0.269 e. The van der Waals surface area contributed by atoms with Crippen LogP contribution < -0.4 is 5.32 Å². The van der Waals surface area contributed by atoms with Gasteiger partial charge >= 0.3 is 0 Å². The maximum absolute atomic E-state index is 11.7. The summed E-state index contributed by atoms with van der Waals surface area (Å²) in [7, 11) is -3.42. The number of non-ortho nitro benzene ring substituents is 1. The number of benzene rings is 1. The zero-order valence-corrected chi connectivity index (χ0v) is 12.6. The Morgan fingerprint density at radius 2 is 1.86 bits per heavy atom. The lowest BCUT2D eigenvalue weighted by Crippen LogP contribution is -2.24. The van der Waals surface area contributed by atoms with Crippen molar-refractivity contribution in [3.05, 3.63) is 34.4 Å². The van der Waals surface area contributed by atoms with Gasteiger partial charge in [-0.2, -0.15) is 0 Å². The van der Waals surface area contributed by atoms with E-state index < -0.39 is 26.4 Å². The summed E-state index contributed by atoms with van der Waals surface area (Å²) in [6, 6.07) is 5.20. The van der Waals surface area contributed by atoms with E-state index in [9.17, 15) is 23.3 Å². The fourth-order valence-electron chi connectivity index (χ4n) is 1.71. The summed E-state index contributed by atoms with van der Waals surface area (Å²) in [5.74, 6) is -1.22. The number of nitro benzene ring substituents is 1. The van der Waals surface area contributed by atoms with Crippen LogP contribution in [0.25, 0.3) is 0 Å². The third-order valence-corrected chi connectivity index (χ3v) is 4.38. The predicted molar refractivity (Wildman–Crippen MR) is 79.9 cm³/mol. The van der Waals surface area contributed by atoms with Crippen molar-refractivity contribution in [3.8, 4) is 0 Å². The molecule has 0 aromatic heterocycles. The first kappa shape index (κ1) is 17.1. The van der Waals surface area contributed by atoms with Gasteiger partial charge in [0.05, 0.1) is 10.7 Å². The Labute approximate surface area is 123 Å². The number of rotatable bonds is 8. The van der Waals surface area contributed by atoms with Gasteiger partial charge in [-0.15, -0.1) is 0 Å². The van der Waals surface area contributed by atoms with E-state index in [1.807, 2.05) is 6.92 Å². The molecule has 1 rings (SSSR count). The molecule has 0 atom stereocenters. The van der Waals surface area contributed by atoms with E-state index in [1.54, 1.807) is 0 Å². The van der Waals surface area contributed by atoms with Gasteiger partial charge in [0.2, 0.25) is 5.91 Å². The second kappa shape index (κ2) is 7.72. The van der Waals surface area contributed by atoms with Crippen LogP contribution in [0.4, 0.5) is 11.4 Å². The highest BCUT2D eigenvalue weighted by molar-refractivity contribution is 7.92. The van der Waals surface area contributed by atoms with Crippen LogP contribution in [0.5, 0.6) is 0 Å². The lowest BCUT2D eigenvalue weighted by Gasteiger charge is -2.06. The number of carbonyl (C=O) groups is 1. The van der Waals surface area contributed by atoms with E-state index in [-0.39, 0.29) is 11.4 Å². The third-order valence-electron chi connectivity index (χ3n) is 2.77. The molecule has 1 N–H and O–H groups in total. The van der Waals surface area contributed by atoms with Crippen molar-refractivity contribution >= 4 is 27.1 Å². The summed E-state index contributed by atoms with van der Waals surface area (Å²) >= 11 is 0. The molecule has 0 fully saturated rings. The Kier molecular flexibility index (Phi) is 6.29. The van der Waals surface area contributed by atoms with E-state index in [4.69, 9.17) is 0 Å². The number of hydrogen-bond donors (Lipinski definition) is 1. The van der Waals surface area contributed by atoms with Crippen LogP contribution in [-0.2, 0) is 14.6 Å². The molecule has 0 saturated carbocycles. The SMILES string of the molecule is CCCCCS(=O)(=O)CC(=O)Nc1ccc([N+](=O)[O-])cc1. The quantitative estimate of drug-likeness (QED) is 0.449. The Morgan fingerprint density at radius 3 is 2.38 bits per heavy atom. The average Bonchev–Trinajstić information content (AvgIpc) is 2.38. The molecule has 1 aromatic rings. The molecule has 0 unspecified atom stereocenters. The minimum Gasteiger partial charge on any atom is -0.325 e. The van der Waals surface area contributed by atoms with Crippen LogP contribution in [0.1, 0.15) is 26.2 Å². The van der Waals surface area contributed by atoms with Crippen molar-refractivity contribution in [3.63, 3.8) is 0 Å². The molecule has 0 aliphatic carbocycles. The number of nitro groups is 1. The van der Waals surface area contributed by atoms with Crippen molar-refractivity contribution in [1.29, 1.82) is 0 Å². The lowest BCUT2D eigenvalue weighted by atomic mass is 10.3. The molecule has 0 spiro atoms. The highest BCUT2D eigenvalue weighted by Gasteiger charge is 2.16. The minimum atomic E-state index is -3.42. The predicted octanol–water partition coefficient (Wildman–Crippen LogP) is 2.14. The average molecular weight is 314 g/mol. The van der Waals surface area contributed by atoms with Crippen LogP contribution >= 0.6 is 0 Å². The Morgan fingerprint density at radius 1 is 1.24 bits per heavy atom. The maximum atomic E-state index is 11.7. The summed E-state index contributed by atoms with van der Waals surface area (Å²) < 4.78 is 23.4. The zero-order chi connectivity index (χ0) is 15.9. The number of unbranched alkanes of at least 4 members (excludes halogenated alkanes) is 2. The van der Waals surface area contributed by atoms with Crippen molar-refractivity contribution in [1.82, 2.24) is 0 Å². The van der Waals surface area contributed by atoms with Gasteiger partial charge in [-0.25, -0.2) is 8.42 Å². The number of amides is 1. The van der Waals surface area contributed by atoms with Gasteiger partial charge in [0.25, 0.3) is 5.69 Å². The topological polar surface area (TPSA) is 106 Å². The van der Waals surface area contributed by atoms with Crippen LogP contribution in [0, 0.1) is 10.1 Å².